The van der Waals surface area contributed by atoms with E-state index in [1.165, 1.54) is 16.7 Å². The van der Waals surface area contributed by atoms with E-state index in [0.29, 0.717) is 0 Å². The average molecular weight is 272 g/mol. The summed E-state index contributed by atoms with van der Waals surface area (Å²) in [5, 5.41) is 0.791. The third-order valence-corrected chi connectivity index (χ3v) is 4.68. The van der Waals surface area contributed by atoms with Gasteiger partial charge in [0.25, 0.3) is 0 Å². The average Bonchev–Trinajstić information content (AvgIpc) is 2.44. The molecule has 0 amide bonds. The topological polar surface area (TPSA) is 3.24 Å². The van der Waals surface area contributed by atoms with Gasteiger partial charge in [0, 0.05) is 11.6 Å². The normalized spacial score (nSPS) is 23.1. The quantitative estimate of drug-likeness (QED) is 0.755. The molecule has 0 saturated carbocycles. The third kappa shape index (κ3) is 1.98. The van der Waals surface area contributed by atoms with E-state index in [1.807, 2.05) is 12.1 Å². The predicted molar refractivity (Wildman–Crippen MR) is 80.7 cm³/mol. The third-order valence-electron chi connectivity index (χ3n) is 4.43. The summed E-state index contributed by atoms with van der Waals surface area (Å²) in [6.07, 6.45) is 1.12. The van der Waals surface area contributed by atoms with Crippen molar-refractivity contribution in [3.05, 3.63) is 70.2 Å². The molecule has 0 saturated heterocycles. The Labute approximate surface area is 119 Å². The minimum atomic E-state index is -0.0700. The highest BCUT2D eigenvalue weighted by atomic mass is 35.5. The predicted octanol–water partition coefficient (Wildman–Crippen LogP) is 4.09. The molecule has 0 aromatic heterocycles. The van der Waals surface area contributed by atoms with Crippen LogP contribution >= 0.6 is 11.6 Å². The Morgan fingerprint density at radius 3 is 2.47 bits per heavy atom. The van der Waals surface area contributed by atoms with E-state index in [4.69, 9.17) is 11.6 Å². The van der Waals surface area contributed by atoms with Gasteiger partial charge in [0.2, 0.25) is 0 Å². The molecule has 1 nitrogen and oxygen atoms in total. The van der Waals surface area contributed by atoms with Gasteiger partial charge in [0.05, 0.1) is 5.54 Å². The Kier molecular flexibility index (Phi) is 3.12. The molecular weight excluding hydrogens is 254 g/mol. The summed E-state index contributed by atoms with van der Waals surface area (Å²) in [5.74, 6) is 0. The lowest BCUT2D eigenvalue weighted by molar-refractivity contribution is 0.165. The zero-order chi connectivity index (χ0) is 13.5. The number of hydrogen-bond donors (Lipinski definition) is 0. The van der Waals surface area contributed by atoms with Gasteiger partial charge in [-0.15, -0.1) is 0 Å². The van der Waals surface area contributed by atoms with Crippen molar-refractivity contribution >= 4 is 11.6 Å². The van der Waals surface area contributed by atoms with Crippen molar-refractivity contribution in [1.82, 2.24) is 4.90 Å². The molecule has 2 aromatic carbocycles. The van der Waals surface area contributed by atoms with Crippen molar-refractivity contribution in [2.75, 3.05) is 13.6 Å². The zero-order valence-electron chi connectivity index (χ0n) is 11.4. The lowest BCUT2D eigenvalue weighted by atomic mass is 9.77. The molecule has 0 bridgehead atoms. The summed E-state index contributed by atoms with van der Waals surface area (Å²) in [5.41, 5.74) is 4.09. The molecule has 0 aliphatic carbocycles. The molecule has 2 aromatic rings. The fourth-order valence-electron chi connectivity index (χ4n) is 3.08. The molecular formula is C17H18ClN. The van der Waals surface area contributed by atoms with Crippen LogP contribution in [0.2, 0.25) is 5.02 Å². The van der Waals surface area contributed by atoms with Gasteiger partial charge in [-0.3, -0.25) is 4.90 Å². The molecule has 2 heteroatoms. The Hall–Kier alpha value is -1.31. The number of likely N-dealkylation sites (N-methyl/N-ethyl adjacent to an activating group) is 1. The van der Waals surface area contributed by atoms with Crippen LogP contribution in [0.3, 0.4) is 0 Å². The van der Waals surface area contributed by atoms with Crippen molar-refractivity contribution in [1.29, 1.82) is 0 Å². The Morgan fingerprint density at radius 2 is 1.74 bits per heavy atom. The summed E-state index contributed by atoms with van der Waals surface area (Å²) >= 11 is 6.02. The van der Waals surface area contributed by atoms with E-state index >= 15 is 0 Å². The van der Waals surface area contributed by atoms with Crippen LogP contribution in [0, 0.1) is 0 Å². The van der Waals surface area contributed by atoms with Gasteiger partial charge in [-0.2, -0.15) is 0 Å². The Balaban J connectivity index is 2.18. The summed E-state index contributed by atoms with van der Waals surface area (Å²) in [7, 11) is 2.20. The fraction of sp³-hybridized carbons (Fsp3) is 0.294. The van der Waals surface area contributed by atoms with E-state index in [2.05, 4.69) is 55.3 Å². The van der Waals surface area contributed by atoms with E-state index in [1.54, 1.807) is 0 Å². The van der Waals surface area contributed by atoms with E-state index in [9.17, 15) is 0 Å². The molecule has 0 N–H and O–H groups in total. The smallest absolute Gasteiger partial charge is 0.0687 e. The largest absolute Gasteiger partial charge is 0.293 e. The van der Waals surface area contributed by atoms with Crippen molar-refractivity contribution in [3.8, 4) is 0 Å². The van der Waals surface area contributed by atoms with Crippen molar-refractivity contribution in [3.63, 3.8) is 0 Å². The summed E-state index contributed by atoms with van der Waals surface area (Å²) in [6.45, 7) is 3.38. The SMILES string of the molecule is CN1CCc2ccccc2C1(C)c1ccc(Cl)cc1. The molecule has 98 valence electrons. The molecule has 1 aliphatic rings. The number of fused-ring (bicyclic) bond motifs is 1. The number of nitrogens with zero attached hydrogens (tertiary/aromatic N) is 1. The Morgan fingerprint density at radius 1 is 1.05 bits per heavy atom. The summed E-state index contributed by atoms with van der Waals surface area (Å²) < 4.78 is 0. The zero-order valence-corrected chi connectivity index (χ0v) is 12.1. The van der Waals surface area contributed by atoms with Crippen molar-refractivity contribution < 1.29 is 0 Å². The van der Waals surface area contributed by atoms with Gasteiger partial charge >= 0.3 is 0 Å². The number of rotatable bonds is 1. The lowest BCUT2D eigenvalue weighted by Crippen LogP contribution is -2.47. The van der Waals surface area contributed by atoms with Crippen LogP contribution in [0.5, 0.6) is 0 Å². The van der Waals surface area contributed by atoms with Crippen LogP contribution in [0.25, 0.3) is 0 Å². The van der Waals surface area contributed by atoms with Gasteiger partial charge in [-0.1, -0.05) is 48.0 Å². The molecule has 0 fully saturated rings. The first-order chi connectivity index (χ1) is 9.12. The molecule has 0 spiro atoms. The second-order valence-electron chi connectivity index (χ2n) is 5.41. The maximum atomic E-state index is 6.02. The standard InChI is InChI=1S/C17H18ClN/c1-17(14-7-9-15(18)10-8-14)16-6-4-3-5-13(16)11-12-19(17)2/h3-10H,11-12H2,1-2H3. The lowest BCUT2D eigenvalue weighted by Gasteiger charge is -2.44. The van der Waals surface area contributed by atoms with Crippen LogP contribution in [0.4, 0.5) is 0 Å². The van der Waals surface area contributed by atoms with Gasteiger partial charge in [0.15, 0.2) is 0 Å². The van der Waals surface area contributed by atoms with Crippen molar-refractivity contribution in [2.24, 2.45) is 0 Å². The molecule has 1 atom stereocenters. The van der Waals surface area contributed by atoms with Crippen LogP contribution in [0.15, 0.2) is 48.5 Å². The molecule has 1 aliphatic heterocycles. The Bertz CT molecular complexity index is 590. The monoisotopic (exact) mass is 271 g/mol. The highest BCUT2D eigenvalue weighted by Crippen LogP contribution is 2.40. The molecule has 19 heavy (non-hydrogen) atoms. The van der Waals surface area contributed by atoms with Gasteiger partial charge < -0.3 is 0 Å². The first-order valence-electron chi connectivity index (χ1n) is 6.68. The maximum Gasteiger partial charge on any atom is 0.0687 e. The van der Waals surface area contributed by atoms with E-state index < -0.39 is 0 Å². The summed E-state index contributed by atoms with van der Waals surface area (Å²) in [6, 6.07) is 17.0. The number of benzene rings is 2. The van der Waals surface area contributed by atoms with E-state index in [0.717, 1.165) is 18.0 Å². The highest BCUT2D eigenvalue weighted by Gasteiger charge is 2.37. The van der Waals surface area contributed by atoms with Crippen LogP contribution in [-0.2, 0) is 12.0 Å². The van der Waals surface area contributed by atoms with E-state index in [-0.39, 0.29) is 5.54 Å². The first-order valence-corrected chi connectivity index (χ1v) is 7.06. The first kappa shape index (κ1) is 12.7. The second-order valence-corrected chi connectivity index (χ2v) is 5.84. The fourth-order valence-corrected chi connectivity index (χ4v) is 3.21. The van der Waals surface area contributed by atoms with Gasteiger partial charge in [0.1, 0.15) is 0 Å². The minimum Gasteiger partial charge on any atom is -0.293 e. The molecule has 0 radical (unpaired) electrons. The molecule has 1 unspecified atom stereocenters. The van der Waals surface area contributed by atoms with Crippen molar-refractivity contribution in [2.45, 2.75) is 18.9 Å². The van der Waals surface area contributed by atoms with Gasteiger partial charge in [-0.05, 0) is 49.2 Å². The highest BCUT2D eigenvalue weighted by molar-refractivity contribution is 6.30. The number of halogens is 1. The van der Waals surface area contributed by atoms with Crippen LogP contribution in [-0.4, -0.2) is 18.5 Å². The number of hydrogen-bond acceptors (Lipinski definition) is 1. The van der Waals surface area contributed by atoms with Crippen LogP contribution < -0.4 is 0 Å². The molecule has 3 rings (SSSR count). The minimum absolute atomic E-state index is 0.0700. The van der Waals surface area contributed by atoms with Gasteiger partial charge in [-0.25, -0.2) is 0 Å². The molecule has 1 heterocycles. The maximum absolute atomic E-state index is 6.02. The summed E-state index contributed by atoms with van der Waals surface area (Å²) in [4.78, 5) is 2.43. The second kappa shape index (κ2) is 4.66. The van der Waals surface area contributed by atoms with Crippen LogP contribution in [0.1, 0.15) is 23.6 Å².